The zero-order valence-corrected chi connectivity index (χ0v) is 29.3. The van der Waals surface area contributed by atoms with Gasteiger partial charge >= 0.3 is 0 Å². The van der Waals surface area contributed by atoms with Gasteiger partial charge in [-0.1, -0.05) is 200 Å². The molecule has 1 nitrogen and oxygen atoms in total. The fourth-order valence-corrected chi connectivity index (χ4v) is 6.32. The van der Waals surface area contributed by atoms with E-state index in [-0.39, 0.29) is 0 Å². The third-order valence-electron chi connectivity index (χ3n) is 9.12. The van der Waals surface area contributed by atoms with Crippen LogP contribution in [0.15, 0.2) is 97.1 Å². The minimum atomic E-state index is 0.931. The van der Waals surface area contributed by atoms with E-state index in [0.29, 0.717) is 0 Å². The molecule has 4 aromatic carbocycles. The van der Waals surface area contributed by atoms with Crippen LogP contribution in [0.4, 0.5) is 0 Å². The molecule has 0 bridgehead atoms. The van der Waals surface area contributed by atoms with Gasteiger partial charge < -0.3 is 4.74 Å². The van der Waals surface area contributed by atoms with Crippen molar-refractivity contribution in [1.82, 2.24) is 0 Å². The Hall–Kier alpha value is -3.84. The highest BCUT2D eigenvalue weighted by Crippen LogP contribution is 2.35. The largest absolute Gasteiger partial charge is 0.456 e. The standard InChI is InChI=1S/C46H58O/c1-3-5-7-9-11-13-21-29-41-31-23-33-45(43(41)37-35-39-25-17-15-18-26-39)47-46-34-24-32-42(30-22-14-12-10-8-6-4-2)44(46)38-36-40-27-19-16-20-28-40/h15-20,23-28,31-38H,3-14,21-22,29-30H2,1-2H3. The van der Waals surface area contributed by atoms with Crippen molar-refractivity contribution in [3.05, 3.63) is 130 Å². The molecule has 0 atom stereocenters. The van der Waals surface area contributed by atoms with Crippen LogP contribution in [0.3, 0.4) is 0 Å². The van der Waals surface area contributed by atoms with Crippen LogP contribution >= 0.6 is 0 Å². The summed E-state index contributed by atoms with van der Waals surface area (Å²) in [5, 5.41) is 0. The van der Waals surface area contributed by atoms with Crippen LogP contribution in [0.25, 0.3) is 24.3 Å². The Labute approximate surface area is 286 Å². The molecule has 0 aromatic heterocycles. The van der Waals surface area contributed by atoms with Gasteiger partial charge in [0, 0.05) is 11.1 Å². The third-order valence-corrected chi connectivity index (χ3v) is 9.12. The van der Waals surface area contributed by atoms with Crippen molar-refractivity contribution >= 4 is 24.3 Å². The predicted molar refractivity (Wildman–Crippen MR) is 207 cm³/mol. The van der Waals surface area contributed by atoms with Crippen molar-refractivity contribution in [1.29, 1.82) is 0 Å². The van der Waals surface area contributed by atoms with E-state index in [4.69, 9.17) is 4.74 Å². The number of unbranched alkanes of at least 4 members (excludes halogenated alkanes) is 12. The lowest BCUT2D eigenvalue weighted by Crippen LogP contribution is -1.98. The summed E-state index contributed by atoms with van der Waals surface area (Å²) < 4.78 is 6.94. The van der Waals surface area contributed by atoms with E-state index >= 15 is 0 Å². The van der Waals surface area contributed by atoms with Crippen LogP contribution in [-0.4, -0.2) is 0 Å². The Balaban J connectivity index is 1.59. The Morgan fingerprint density at radius 2 is 0.766 bits per heavy atom. The summed E-state index contributed by atoms with van der Waals surface area (Å²) in [6.07, 6.45) is 29.5. The van der Waals surface area contributed by atoms with Gasteiger partial charge in [0.15, 0.2) is 0 Å². The van der Waals surface area contributed by atoms with Gasteiger partial charge in [-0.05, 0) is 60.1 Å². The molecule has 248 valence electrons. The van der Waals surface area contributed by atoms with Crippen molar-refractivity contribution in [2.45, 2.75) is 117 Å². The van der Waals surface area contributed by atoms with E-state index in [9.17, 15) is 0 Å². The molecule has 0 aliphatic carbocycles. The number of hydrogen-bond acceptors (Lipinski definition) is 1. The van der Waals surface area contributed by atoms with Crippen molar-refractivity contribution < 1.29 is 4.74 Å². The summed E-state index contributed by atoms with van der Waals surface area (Å²) in [5.41, 5.74) is 7.52. The molecule has 0 spiro atoms. The number of benzene rings is 4. The van der Waals surface area contributed by atoms with Crippen molar-refractivity contribution in [3.8, 4) is 11.5 Å². The van der Waals surface area contributed by atoms with Gasteiger partial charge in [0.2, 0.25) is 0 Å². The van der Waals surface area contributed by atoms with Crippen molar-refractivity contribution in [3.63, 3.8) is 0 Å². The first kappa shape index (κ1) is 36.0. The maximum atomic E-state index is 6.94. The minimum absolute atomic E-state index is 0.931. The van der Waals surface area contributed by atoms with Crippen LogP contribution in [0.1, 0.15) is 137 Å². The maximum absolute atomic E-state index is 6.94. The third kappa shape index (κ3) is 13.1. The quantitative estimate of drug-likeness (QED) is 0.0623. The predicted octanol–water partition coefficient (Wildman–Crippen LogP) is 14.4. The Morgan fingerprint density at radius 3 is 1.17 bits per heavy atom. The lowest BCUT2D eigenvalue weighted by molar-refractivity contribution is 0.478. The minimum Gasteiger partial charge on any atom is -0.456 e. The van der Waals surface area contributed by atoms with Crippen LogP contribution in [0.5, 0.6) is 11.5 Å². The fraction of sp³-hybridized carbons (Fsp3) is 0.391. The average Bonchev–Trinajstić information content (AvgIpc) is 3.11. The molecule has 4 aromatic rings. The molecule has 0 saturated carbocycles. The van der Waals surface area contributed by atoms with E-state index in [1.165, 1.54) is 123 Å². The van der Waals surface area contributed by atoms with Gasteiger partial charge in [-0.15, -0.1) is 0 Å². The number of aryl methyl sites for hydroxylation is 2. The monoisotopic (exact) mass is 626 g/mol. The molecule has 1 heteroatoms. The highest BCUT2D eigenvalue weighted by Gasteiger charge is 2.13. The zero-order chi connectivity index (χ0) is 32.8. The summed E-state index contributed by atoms with van der Waals surface area (Å²) in [5.74, 6) is 1.86. The van der Waals surface area contributed by atoms with E-state index in [1.54, 1.807) is 0 Å². The van der Waals surface area contributed by atoms with Crippen molar-refractivity contribution in [2.24, 2.45) is 0 Å². The Bertz CT molecular complexity index is 1350. The maximum Gasteiger partial charge on any atom is 0.134 e. The van der Waals surface area contributed by atoms with E-state index in [2.05, 4.69) is 135 Å². The normalized spacial score (nSPS) is 11.5. The molecule has 47 heavy (non-hydrogen) atoms. The molecular formula is C46H58O. The van der Waals surface area contributed by atoms with Crippen LogP contribution in [0, 0.1) is 0 Å². The first-order chi connectivity index (χ1) is 23.3. The smallest absolute Gasteiger partial charge is 0.134 e. The Kier molecular flexibility index (Phi) is 16.7. The van der Waals surface area contributed by atoms with Gasteiger partial charge in [0.25, 0.3) is 0 Å². The lowest BCUT2D eigenvalue weighted by atomic mass is 9.97. The zero-order valence-electron chi connectivity index (χ0n) is 29.3. The number of hydrogen-bond donors (Lipinski definition) is 0. The molecular weight excluding hydrogens is 569 g/mol. The van der Waals surface area contributed by atoms with E-state index < -0.39 is 0 Å². The van der Waals surface area contributed by atoms with Crippen molar-refractivity contribution in [2.75, 3.05) is 0 Å². The summed E-state index contributed by atoms with van der Waals surface area (Å²) in [6.45, 7) is 4.57. The molecule has 0 fully saturated rings. The SMILES string of the molecule is CCCCCCCCCc1cccc(Oc2cccc(CCCCCCCCC)c2C=Cc2ccccc2)c1C=Cc1ccccc1. The topological polar surface area (TPSA) is 9.23 Å². The average molecular weight is 627 g/mol. The van der Waals surface area contributed by atoms with Gasteiger partial charge in [0.05, 0.1) is 0 Å². The lowest BCUT2D eigenvalue weighted by Gasteiger charge is -2.17. The van der Waals surface area contributed by atoms with Crippen LogP contribution in [0.2, 0.25) is 0 Å². The van der Waals surface area contributed by atoms with Gasteiger partial charge in [-0.2, -0.15) is 0 Å². The molecule has 0 heterocycles. The first-order valence-corrected chi connectivity index (χ1v) is 18.7. The molecule has 0 amide bonds. The van der Waals surface area contributed by atoms with E-state index in [1.807, 2.05) is 0 Å². The van der Waals surface area contributed by atoms with Crippen LogP contribution < -0.4 is 4.74 Å². The summed E-state index contributed by atoms with van der Waals surface area (Å²) in [4.78, 5) is 0. The van der Waals surface area contributed by atoms with Crippen LogP contribution in [-0.2, 0) is 12.8 Å². The fourth-order valence-electron chi connectivity index (χ4n) is 6.32. The van der Waals surface area contributed by atoms with Gasteiger partial charge in [-0.3, -0.25) is 0 Å². The molecule has 0 aliphatic rings. The second-order valence-corrected chi connectivity index (χ2v) is 13.0. The molecule has 0 aliphatic heterocycles. The van der Waals surface area contributed by atoms with Gasteiger partial charge in [-0.25, -0.2) is 0 Å². The molecule has 4 rings (SSSR count). The summed E-state index contributed by atoms with van der Waals surface area (Å²) in [6, 6.07) is 34.4. The summed E-state index contributed by atoms with van der Waals surface area (Å²) >= 11 is 0. The molecule has 0 radical (unpaired) electrons. The molecule has 0 N–H and O–H groups in total. The number of ether oxygens (including phenoxy) is 1. The Morgan fingerprint density at radius 1 is 0.383 bits per heavy atom. The first-order valence-electron chi connectivity index (χ1n) is 18.7. The summed E-state index contributed by atoms with van der Waals surface area (Å²) in [7, 11) is 0. The van der Waals surface area contributed by atoms with Gasteiger partial charge in [0.1, 0.15) is 11.5 Å². The highest BCUT2D eigenvalue weighted by molar-refractivity contribution is 5.77. The second-order valence-electron chi connectivity index (χ2n) is 13.0. The molecule has 0 unspecified atom stereocenters. The molecule has 0 saturated heterocycles. The highest BCUT2D eigenvalue weighted by atomic mass is 16.5. The number of rotatable bonds is 22. The second kappa shape index (κ2) is 21.9. The van der Waals surface area contributed by atoms with E-state index in [0.717, 1.165) is 24.3 Å².